The van der Waals surface area contributed by atoms with Gasteiger partial charge in [-0.1, -0.05) is 39.3 Å². The van der Waals surface area contributed by atoms with E-state index >= 15 is 0 Å². The van der Waals surface area contributed by atoms with Gasteiger partial charge in [-0.2, -0.15) is 8.78 Å². The summed E-state index contributed by atoms with van der Waals surface area (Å²) in [7, 11) is 0. The molecule has 5 heteroatoms. The zero-order valence-corrected chi connectivity index (χ0v) is 13.8. The van der Waals surface area contributed by atoms with Gasteiger partial charge in [0.1, 0.15) is 5.75 Å². The molecule has 1 N–H and O–H groups in total. The number of benzene rings is 1. The lowest BCUT2D eigenvalue weighted by Crippen LogP contribution is -2.23. The molecule has 0 heterocycles. The lowest BCUT2D eigenvalue weighted by molar-refractivity contribution is -0.0497. The summed E-state index contributed by atoms with van der Waals surface area (Å²) in [4.78, 5) is 0. The minimum atomic E-state index is -2.86. The number of rotatable bonds is 8. The zero-order chi connectivity index (χ0) is 16.0. The van der Waals surface area contributed by atoms with E-state index in [1.165, 1.54) is 6.07 Å². The lowest BCUT2D eigenvalue weighted by Gasteiger charge is -2.24. The summed E-state index contributed by atoms with van der Waals surface area (Å²) >= 11 is 5.97. The number of nitrogens with one attached hydrogen (secondary N) is 1. The van der Waals surface area contributed by atoms with Gasteiger partial charge in [0.2, 0.25) is 0 Å². The van der Waals surface area contributed by atoms with Crippen molar-refractivity contribution in [1.82, 2.24) is 0 Å². The maximum Gasteiger partial charge on any atom is 0.387 e. The lowest BCUT2D eigenvalue weighted by atomic mass is 9.95. The van der Waals surface area contributed by atoms with Gasteiger partial charge < -0.3 is 10.1 Å². The predicted molar refractivity (Wildman–Crippen MR) is 84.4 cm³/mol. The molecular formula is C16H24ClF2NO. The Balaban J connectivity index is 2.76. The predicted octanol–water partition coefficient (Wildman–Crippen LogP) is 5.81. The monoisotopic (exact) mass is 319 g/mol. The number of hydrogen-bond donors (Lipinski definition) is 1. The number of ether oxygens (including phenoxy) is 1. The molecular weight excluding hydrogens is 296 g/mol. The topological polar surface area (TPSA) is 21.3 Å². The van der Waals surface area contributed by atoms with E-state index in [0.29, 0.717) is 17.9 Å². The Labute approximate surface area is 130 Å². The first-order valence-corrected chi connectivity index (χ1v) is 7.66. The van der Waals surface area contributed by atoms with Crippen LogP contribution >= 0.6 is 11.6 Å². The molecule has 0 spiro atoms. The molecule has 1 aromatic rings. The van der Waals surface area contributed by atoms with Crippen LogP contribution in [-0.2, 0) is 0 Å². The SMILES string of the molecule is CC(C)CC(CC(C)C)Nc1ccc(OC(F)F)c(Cl)c1. The normalized spacial score (nSPS) is 11.8. The minimum Gasteiger partial charge on any atom is -0.433 e. The van der Waals surface area contributed by atoms with E-state index in [1.54, 1.807) is 12.1 Å². The summed E-state index contributed by atoms with van der Waals surface area (Å²) in [6.45, 7) is 5.86. The van der Waals surface area contributed by atoms with Gasteiger partial charge in [0.05, 0.1) is 5.02 Å². The van der Waals surface area contributed by atoms with E-state index in [4.69, 9.17) is 11.6 Å². The average molecular weight is 320 g/mol. The summed E-state index contributed by atoms with van der Waals surface area (Å²) in [5.74, 6) is 1.16. The van der Waals surface area contributed by atoms with Crippen LogP contribution in [0.3, 0.4) is 0 Å². The molecule has 120 valence electrons. The Morgan fingerprint density at radius 2 is 1.67 bits per heavy atom. The summed E-state index contributed by atoms with van der Waals surface area (Å²) in [5, 5.41) is 3.62. The molecule has 0 radical (unpaired) electrons. The molecule has 0 atom stereocenters. The molecule has 0 saturated carbocycles. The second-order valence-corrected chi connectivity index (χ2v) is 6.53. The molecule has 0 fully saturated rings. The van der Waals surface area contributed by atoms with Gasteiger partial charge in [0, 0.05) is 11.7 Å². The van der Waals surface area contributed by atoms with E-state index in [-0.39, 0.29) is 10.8 Å². The van der Waals surface area contributed by atoms with Crippen molar-refractivity contribution in [3.05, 3.63) is 23.2 Å². The van der Waals surface area contributed by atoms with Crippen molar-refractivity contribution >= 4 is 17.3 Å². The summed E-state index contributed by atoms with van der Waals surface area (Å²) in [5.41, 5.74) is 0.827. The highest BCUT2D eigenvalue weighted by Crippen LogP contribution is 2.30. The second-order valence-electron chi connectivity index (χ2n) is 6.12. The zero-order valence-electron chi connectivity index (χ0n) is 13.0. The maximum absolute atomic E-state index is 12.2. The fraction of sp³-hybridized carbons (Fsp3) is 0.625. The maximum atomic E-state index is 12.2. The molecule has 0 saturated heterocycles. The molecule has 0 amide bonds. The smallest absolute Gasteiger partial charge is 0.387 e. The van der Waals surface area contributed by atoms with Crippen LogP contribution in [0.4, 0.5) is 14.5 Å². The van der Waals surface area contributed by atoms with Gasteiger partial charge >= 0.3 is 6.61 Å². The van der Waals surface area contributed by atoms with Crippen molar-refractivity contribution in [2.45, 2.75) is 53.2 Å². The molecule has 0 bridgehead atoms. The molecule has 0 aliphatic rings. The third-order valence-corrected chi connectivity index (χ3v) is 3.33. The van der Waals surface area contributed by atoms with E-state index in [1.807, 2.05) is 0 Å². The van der Waals surface area contributed by atoms with Crippen LogP contribution in [0, 0.1) is 11.8 Å². The molecule has 0 aromatic heterocycles. The number of alkyl halides is 2. The van der Waals surface area contributed by atoms with Crippen molar-refractivity contribution in [3.8, 4) is 5.75 Å². The molecule has 1 rings (SSSR count). The summed E-state index contributed by atoms with van der Waals surface area (Å²) in [6.07, 6.45) is 2.09. The van der Waals surface area contributed by atoms with Crippen molar-refractivity contribution in [2.75, 3.05) is 5.32 Å². The first-order chi connectivity index (χ1) is 9.77. The van der Waals surface area contributed by atoms with Crippen LogP contribution in [0.2, 0.25) is 5.02 Å². The van der Waals surface area contributed by atoms with Crippen molar-refractivity contribution < 1.29 is 13.5 Å². The summed E-state index contributed by atoms with van der Waals surface area (Å²) in [6, 6.07) is 5.16. The van der Waals surface area contributed by atoms with E-state index in [2.05, 4.69) is 37.7 Å². The van der Waals surface area contributed by atoms with Crippen LogP contribution in [-0.4, -0.2) is 12.7 Å². The van der Waals surface area contributed by atoms with Crippen LogP contribution < -0.4 is 10.1 Å². The first-order valence-electron chi connectivity index (χ1n) is 7.28. The van der Waals surface area contributed by atoms with Gasteiger partial charge in [-0.25, -0.2) is 0 Å². The molecule has 0 aliphatic heterocycles. The Bertz CT molecular complexity index is 428. The number of anilines is 1. The van der Waals surface area contributed by atoms with E-state index < -0.39 is 6.61 Å². The van der Waals surface area contributed by atoms with Crippen molar-refractivity contribution in [2.24, 2.45) is 11.8 Å². The Morgan fingerprint density at radius 1 is 1.10 bits per heavy atom. The van der Waals surface area contributed by atoms with E-state index in [9.17, 15) is 8.78 Å². The minimum absolute atomic E-state index is 0.00138. The Hall–Kier alpha value is -1.03. The van der Waals surface area contributed by atoms with Crippen LogP contribution in [0.5, 0.6) is 5.75 Å². The third-order valence-electron chi connectivity index (χ3n) is 3.03. The largest absolute Gasteiger partial charge is 0.433 e. The number of hydrogen-bond acceptors (Lipinski definition) is 2. The van der Waals surface area contributed by atoms with Crippen molar-refractivity contribution in [1.29, 1.82) is 0 Å². The standard InChI is InChI=1S/C16H24ClF2NO/c1-10(2)7-13(8-11(3)4)20-12-5-6-15(14(17)9-12)21-16(18)19/h5-6,9-11,13,16,20H,7-8H2,1-4H3. The van der Waals surface area contributed by atoms with Gasteiger partial charge in [0.25, 0.3) is 0 Å². The highest BCUT2D eigenvalue weighted by molar-refractivity contribution is 6.32. The van der Waals surface area contributed by atoms with Crippen LogP contribution in [0.15, 0.2) is 18.2 Å². The molecule has 2 nitrogen and oxygen atoms in total. The second kappa shape index (κ2) is 8.42. The van der Waals surface area contributed by atoms with Gasteiger partial charge in [-0.05, 0) is 42.9 Å². The van der Waals surface area contributed by atoms with Crippen molar-refractivity contribution in [3.63, 3.8) is 0 Å². The fourth-order valence-corrected chi connectivity index (χ4v) is 2.60. The fourth-order valence-electron chi connectivity index (χ4n) is 2.37. The Kier molecular flexibility index (Phi) is 7.23. The number of halogens is 3. The quantitative estimate of drug-likeness (QED) is 0.652. The third kappa shape index (κ3) is 6.98. The van der Waals surface area contributed by atoms with E-state index in [0.717, 1.165) is 18.5 Å². The Morgan fingerprint density at radius 3 is 2.10 bits per heavy atom. The first kappa shape index (κ1) is 18.0. The average Bonchev–Trinajstić information content (AvgIpc) is 2.30. The van der Waals surface area contributed by atoms with Gasteiger partial charge in [-0.15, -0.1) is 0 Å². The highest BCUT2D eigenvalue weighted by Gasteiger charge is 2.14. The summed E-state index contributed by atoms with van der Waals surface area (Å²) < 4.78 is 28.7. The molecule has 0 aliphatic carbocycles. The van der Waals surface area contributed by atoms with Crippen LogP contribution in [0.25, 0.3) is 0 Å². The van der Waals surface area contributed by atoms with Crippen LogP contribution in [0.1, 0.15) is 40.5 Å². The molecule has 1 aromatic carbocycles. The molecule has 21 heavy (non-hydrogen) atoms. The van der Waals surface area contributed by atoms with Gasteiger partial charge in [-0.3, -0.25) is 0 Å². The molecule has 0 unspecified atom stereocenters. The van der Waals surface area contributed by atoms with Gasteiger partial charge in [0.15, 0.2) is 0 Å². The highest BCUT2D eigenvalue weighted by atomic mass is 35.5.